The number of amides is 1. The van der Waals surface area contributed by atoms with E-state index in [4.69, 9.17) is 0 Å². The van der Waals surface area contributed by atoms with Gasteiger partial charge in [0.2, 0.25) is 5.91 Å². The summed E-state index contributed by atoms with van der Waals surface area (Å²) in [5, 5.41) is 24.8. The molecule has 5 rings (SSSR count). The van der Waals surface area contributed by atoms with Crippen molar-refractivity contribution in [2.24, 2.45) is 46.3 Å². The number of fused-ring (bicyclic) bond motifs is 5. The van der Waals surface area contributed by atoms with Gasteiger partial charge in [0.15, 0.2) is 0 Å². The van der Waals surface area contributed by atoms with Crippen LogP contribution < -0.4 is 5.32 Å². The van der Waals surface area contributed by atoms with Crippen LogP contribution in [-0.2, 0) is 11.3 Å². The normalized spacial score (nSPS) is 43.5. The highest BCUT2D eigenvalue weighted by Crippen LogP contribution is 2.68. The van der Waals surface area contributed by atoms with Crippen molar-refractivity contribution in [1.29, 1.82) is 0 Å². The number of nitrogens with one attached hydrogen (secondary N) is 1. The van der Waals surface area contributed by atoms with Gasteiger partial charge in [0.1, 0.15) is 0 Å². The Bertz CT molecular complexity index is 893. The molecule has 5 heteroatoms. The molecule has 0 aromatic carbocycles. The molecule has 0 saturated heterocycles. The average molecular weight is 483 g/mol. The number of pyridine rings is 1. The van der Waals surface area contributed by atoms with Gasteiger partial charge in [-0.3, -0.25) is 9.78 Å². The molecule has 4 aliphatic rings. The molecule has 1 heterocycles. The molecule has 0 spiro atoms. The summed E-state index contributed by atoms with van der Waals surface area (Å²) in [4.78, 5) is 16.7. The lowest BCUT2D eigenvalue weighted by atomic mass is 9.43. The zero-order valence-corrected chi connectivity index (χ0v) is 22.0. The summed E-state index contributed by atoms with van der Waals surface area (Å²) in [6.07, 6.45) is 13.4. The number of hydrogen-bond donors (Lipinski definition) is 3. The van der Waals surface area contributed by atoms with Gasteiger partial charge in [0, 0.05) is 25.4 Å². The number of carbonyl (C=O) groups is 1. The standard InChI is InChI=1S/C30H46N2O3/c1-19(6-9-27(35)32-18-20-5-4-14-31-17-20)23-7-8-24-28-25(11-13-30(23,24)3)29(2)12-10-22(33)15-21(29)16-26(28)34/h4-5,14,17,19,21-26,28,33-34H,6-13,15-16,18H2,1-3H3,(H,32,35)/t19-,21-,22-,23+,24-,25-,26+,28+,29+,30-/m1/s1. The number of nitrogens with zero attached hydrogens (tertiary/aromatic N) is 1. The number of hydrogen-bond acceptors (Lipinski definition) is 4. The van der Waals surface area contributed by atoms with Gasteiger partial charge in [0.25, 0.3) is 0 Å². The first kappa shape index (κ1) is 25.2. The maximum atomic E-state index is 12.5. The molecule has 194 valence electrons. The third kappa shape index (κ3) is 4.56. The van der Waals surface area contributed by atoms with E-state index in [0.717, 1.165) is 37.7 Å². The molecule has 3 N–H and O–H groups in total. The van der Waals surface area contributed by atoms with Crippen molar-refractivity contribution in [2.75, 3.05) is 0 Å². The topological polar surface area (TPSA) is 82.5 Å². The molecule has 5 nitrogen and oxygen atoms in total. The summed E-state index contributed by atoms with van der Waals surface area (Å²) in [5.41, 5.74) is 1.58. The molecular formula is C30H46N2O3. The minimum atomic E-state index is -0.222. The molecule has 1 amide bonds. The van der Waals surface area contributed by atoms with E-state index in [2.05, 4.69) is 31.1 Å². The van der Waals surface area contributed by atoms with Crippen molar-refractivity contribution in [3.05, 3.63) is 30.1 Å². The molecule has 0 radical (unpaired) electrons. The number of carbonyl (C=O) groups excluding carboxylic acids is 1. The van der Waals surface area contributed by atoms with Gasteiger partial charge in [0.05, 0.1) is 12.2 Å². The van der Waals surface area contributed by atoms with Crippen molar-refractivity contribution in [1.82, 2.24) is 10.3 Å². The number of rotatable bonds is 6. The van der Waals surface area contributed by atoms with E-state index in [1.54, 1.807) is 12.4 Å². The molecule has 0 bridgehead atoms. The second-order valence-electron chi connectivity index (χ2n) is 13.1. The molecule has 4 fully saturated rings. The van der Waals surface area contributed by atoms with Crippen molar-refractivity contribution in [3.63, 3.8) is 0 Å². The highest BCUT2D eigenvalue weighted by atomic mass is 16.3. The van der Waals surface area contributed by atoms with Crippen molar-refractivity contribution in [3.8, 4) is 0 Å². The molecule has 4 saturated carbocycles. The fraction of sp³-hybridized carbons (Fsp3) is 0.800. The molecule has 35 heavy (non-hydrogen) atoms. The highest BCUT2D eigenvalue weighted by molar-refractivity contribution is 5.75. The second-order valence-corrected chi connectivity index (χ2v) is 13.1. The monoisotopic (exact) mass is 482 g/mol. The average Bonchev–Trinajstić information content (AvgIpc) is 3.20. The summed E-state index contributed by atoms with van der Waals surface area (Å²) in [6.45, 7) is 7.89. The van der Waals surface area contributed by atoms with Crippen LogP contribution in [0.2, 0.25) is 0 Å². The lowest BCUT2D eigenvalue weighted by molar-refractivity contribution is -0.174. The summed E-state index contributed by atoms with van der Waals surface area (Å²) >= 11 is 0. The summed E-state index contributed by atoms with van der Waals surface area (Å²) in [6, 6.07) is 3.89. The van der Waals surface area contributed by atoms with Crippen LogP contribution in [0.25, 0.3) is 0 Å². The van der Waals surface area contributed by atoms with Gasteiger partial charge in [-0.1, -0.05) is 26.8 Å². The van der Waals surface area contributed by atoms with Crippen LogP contribution in [0, 0.1) is 46.3 Å². The predicted molar refractivity (Wildman–Crippen MR) is 137 cm³/mol. The van der Waals surface area contributed by atoms with Crippen LogP contribution in [0.5, 0.6) is 0 Å². The van der Waals surface area contributed by atoms with Crippen LogP contribution in [0.15, 0.2) is 24.5 Å². The Kier molecular flexibility index (Phi) is 7.04. The van der Waals surface area contributed by atoms with Gasteiger partial charge < -0.3 is 15.5 Å². The Morgan fingerprint density at radius 3 is 2.66 bits per heavy atom. The first-order chi connectivity index (χ1) is 16.7. The predicted octanol–water partition coefficient (Wildman–Crippen LogP) is 5.10. The first-order valence-electron chi connectivity index (χ1n) is 14.2. The third-order valence-electron chi connectivity index (χ3n) is 11.5. The smallest absolute Gasteiger partial charge is 0.220 e. The van der Waals surface area contributed by atoms with Gasteiger partial charge in [-0.15, -0.1) is 0 Å². The number of aliphatic hydroxyl groups excluding tert-OH is 2. The fourth-order valence-electron chi connectivity index (χ4n) is 9.53. The van der Waals surface area contributed by atoms with Crippen molar-refractivity contribution >= 4 is 5.91 Å². The molecule has 4 aliphatic carbocycles. The number of aliphatic hydroxyl groups is 2. The molecule has 1 aromatic rings. The van der Waals surface area contributed by atoms with Gasteiger partial charge in [-0.05, 0) is 116 Å². The lowest BCUT2D eigenvalue weighted by Crippen LogP contribution is -2.58. The first-order valence-corrected chi connectivity index (χ1v) is 14.2. The van der Waals surface area contributed by atoms with Crippen LogP contribution >= 0.6 is 0 Å². The van der Waals surface area contributed by atoms with Crippen LogP contribution in [0.3, 0.4) is 0 Å². The zero-order valence-electron chi connectivity index (χ0n) is 22.0. The largest absolute Gasteiger partial charge is 0.393 e. The van der Waals surface area contributed by atoms with Crippen LogP contribution in [-0.4, -0.2) is 33.3 Å². The van der Waals surface area contributed by atoms with E-state index in [9.17, 15) is 15.0 Å². The van der Waals surface area contributed by atoms with E-state index < -0.39 is 0 Å². The van der Waals surface area contributed by atoms with Gasteiger partial charge >= 0.3 is 0 Å². The van der Waals surface area contributed by atoms with E-state index in [0.29, 0.717) is 48.5 Å². The maximum absolute atomic E-state index is 12.5. The number of aromatic nitrogens is 1. The molecule has 10 atom stereocenters. The lowest BCUT2D eigenvalue weighted by Gasteiger charge is -2.62. The molecule has 0 unspecified atom stereocenters. The summed E-state index contributed by atoms with van der Waals surface area (Å²) in [5.74, 6) is 3.33. The van der Waals surface area contributed by atoms with Crippen LogP contribution in [0.4, 0.5) is 0 Å². The zero-order chi connectivity index (χ0) is 24.8. The van der Waals surface area contributed by atoms with E-state index in [-0.39, 0.29) is 28.9 Å². The summed E-state index contributed by atoms with van der Waals surface area (Å²) < 4.78 is 0. The van der Waals surface area contributed by atoms with E-state index in [1.807, 2.05) is 12.1 Å². The highest BCUT2D eigenvalue weighted by Gasteiger charge is 2.62. The Morgan fingerprint density at radius 2 is 1.89 bits per heavy atom. The van der Waals surface area contributed by atoms with Crippen molar-refractivity contribution < 1.29 is 15.0 Å². The second kappa shape index (κ2) is 9.78. The van der Waals surface area contributed by atoms with E-state index >= 15 is 0 Å². The SMILES string of the molecule is C[C@H](CCC(=O)NCc1cccnc1)[C@@H]1CC[C@@H]2[C@H]3[C@@H](CC[C@@]21C)[C@@]1(C)CC[C@@H](O)C[C@@H]1C[C@@H]3O. The van der Waals surface area contributed by atoms with Gasteiger partial charge in [-0.25, -0.2) is 0 Å². The fourth-order valence-corrected chi connectivity index (χ4v) is 9.53. The Morgan fingerprint density at radius 1 is 1.11 bits per heavy atom. The Balaban J connectivity index is 1.21. The van der Waals surface area contributed by atoms with Crippen LogP contribution in [0.1, 0.15) is 90.5 Å². The molecular weight excluding hydrogens is 436 g/mol. The maximum Gasteiger partial charge on any atom is 0.220 e. The minimum absolute atomic E-state index is 0.130. The summed E-state index contributed by atoms with van der Waals surface area (Å²) in [7, 11) is 0. The Labute approximate surface area is 211 Å². The van der Waals surface area contributed by atoms with E-state index in [1.165, 1.54) is 25.7 Å². The van der Waals surface area contributed by atoms with Gasteiger partial charge in [-0.2, -0.15) is 0 Å². The Hall–Kier alpha value is -1.46. The molecule has 0 aliphatic heterocycles. The molecule has 1 aromatic heterocycles. The van der Waals surface area contributed by atoms with Crippen molar-refractivity contribution in [2.45, 2.75) is 104 Å². The minimum Gasteiger partial charge on any atom is -0.393 e. The third-order valence-corrected chi connectivity index (χ3v) is 11.5. The quantitative estimate of drug-likeness (QED) is 0.527.